The number of ether oxygens (including phenoxy) is 2. The minimum atomic E-state index is -0.604. The van der Waals surface area contributed by atoms with Crippen LogP contribution in [0.1, 0.15) is 26.3 Å². The lowest BCUT2D eigenvalue weighted by Crippen LogP contribution is -2.06. The van der Waals surface area contributed by atoms with E-state index in [0.29, 0.717) is 0 Å². The van der Waals surface area contributed by atoms with Crippen LogP contribution >= 0.6 is 0 Å². The Morgan fingerprint density at radius 1 is 1.37 bits per heavy atom. The lowest BCUT2D eigenvalue weighted by atomic mass is 10.1. The number of benzene rings is 1. The number of carbonyl (C=O) groups excluding carboxylic acids is 1. The highest BCUT2D eigenvalue weighted by Crippen LogP contribution is 2.16. The van der Waals surface area contributed by atoms with Crippen LogP contribution in [-0.4, -0.2) is 18.7 Å². The molecule has 0 spiro atoms. The van der Waals surface area contributed by atoms with Crippen LogP contribution in [0.2, 0.25) is 0 Å². The Morgan fingerprint density at radius 3 is 2.47 bits per heavy atom. The molecule has 0 aliphatic heterocycles. The maximum Gasteiger partial charge on any atom is 0.348 e. The molecule has 19 heavy (non-hydrogen) atoms. The molecule has 0 bridgehead atoms. The fraction of sp³-hybridized carbons (Fsp3) is 0.333. The second-order valence-corrected chi connectivity index (χ2v) is 4.13. The Labute approximate surface area is 113 Å². The largest absolute Gasteiger partial charge is 0.491 e. The third kappa shape index (κ3) is 4.84. The van der Waals surface area contributed by atoms with Crippen LogP contribution in [0.25, 0.3) is 6.08 Å². The van der Waals surface area contributed by atoms with Crippen molar-refractivity contribution in [2.24, 2.45) is 0 Å². The van der Waals surface area contributed by atoms with Gasteiger partial charge >= 0.3 is 5.97 Å². The van der Waals surface area contributed by atoms with Crippen molar-refractivity contribution in [1.82, 2.24) is 0 Å². The second-order valence-electron chi connectivity index (χ2n) is 4.13. The monoisotopic (exact) mass is 259 g/mol. The molecule has 0 heterocycles. The topological polar surface area (TPSA) is 59.3 Å². The number of esters is 1. The molecule has 0 unspecified atom stereocenters. The van der Waals surface area contributed by atoms with Crippen LogP contribution in [0.5, 0.6) is 5.75 Å². The van der Waals surface area contributed by atoms with Gasteiger partial charge in [0.2, 0.25) is 0 Å². The van der Waals surface area contributed by atoms with Crippen LogP contribution in [0.4, 0.5) is 0 Å². The van der Waals surface area contributed by atoms with Gasteiger partial charge in [0.15, 0.2) is 0 Å². The van der Waals surface area contributed by atoms with Gasteiger partial charge in [-0.2, -0.15) is 5.26 Å². The first-order valence-electron chi connectivity index (χ1n) is 6.12. The normalized spacial score (nSPS) is 11.0. The molecule has 0 saturated heterocycles. The van der Waals surface area contributed by atoms with Crippen molar-refractivity contribution in [2.75, 3.05) is 6.61 Å². The number of hydrogen-bond donors (Lipinski definition) is 0. The number of rotatable bonds is 5. The van der Waals surface area contributed by atoms with Crippen molar-refractivity contribution in [3.8, 4) is 11.8 Å². The average molecular weight is 259 g/mol. The molecule has 0 radical (unpaired) electrons. The quantitative estimate of drug-likeness (QED) is 0.463. The van der Waals surface area contributed by atoms with Gasteiger partial charge in [0.05, 0.1) is 12.7 Å². The van der Waals surface area contributed by atoms with Crippen molar-refractivity contribution in [2.45, 2.75) is 26.9 Å². The van der Waals surface area contributed by atoms with E-state index in [4.69, 9.17) is 14.7 Å². The summed E-state index contributed by atoms with van der Waals surface area (Å²) >= 11 is 0. The first kappa shape index (κ1) is 14.8. The zero-order chi connectivity index (χ0) is 14.3. The van der Waals surface area contributed by atoms with Gasteiger partial charge in [0.25, 0.3) is 0 Å². The Kier molecular flexibility index (Phi) is 5.62. The van der Waals surface area contributed by atoms with Crippen molar-refractivity contribution in [1.29, 1.82) is 5.26 Å². The van der Waals surface area contributed by atoms with Crippen LogP contribution in [-0.2, 0) is 9.53 Å². The molecule has 0 aliphatic rings. The number of carbonyl (C=O) groups is 1. The van der Waals surface area contributed by atoms with E-state index in [0.717, 1.165) is 11.3 Å². The molecule has 0 atom stereocenters. The van der Waals surface area contributed by atoms with Gasteiger partial charge in [-0.1, -0.05) is 12.1 Å². The first-order valence-corrected chi connectivity index (χ1v) is 6.12. The van der Waals surface area contributed by atoms with Gasteiger partial charge in [0.1, 0.15) is 17.4 Å². The summed E-state index contributed by atoms with van der Waals surface area (Å²) in [7, 11) is 0. The van der Waals surface area contributed by atoms with E-state index in [9.17, 15) is 4.79 Å². The lowest BCUT2D eigenvalue weighted by molar-refractivity contribution is -0.137. The smallest absolute Gasteiger partial charge is 0.348 e. The molecular formula is C15H17NO3. The molecule has 1 aromatic carbocycles. The number of hydrogen-bond acceptors (Lipinski definition) is 4. The van der Waals surface area contributed by atoms with Crippen molar-refractivity contribution in [3.05, 3.63) is 35.4 Å². The summed E-state index contributed by atoms with van der Waals surface area (Å²) in [5.41, 5.74) is 0.736. The Bertz CT molecular complexity index is 495. The average Bonchev–Trinajstić information content (AvgIpc) is 2.37. The fourth-order valence-electron chi connectivity index (χ4n) is 1.43. The van der Waals surface area contributed by atoms with Crippen LogP contribution in [0.15, 0.2) is 29.8 Å². The van der Waals surface area contributed by atoms with E-state index in [1.54, 1.807) is 31.2 Å². The van der Waals surface area contributed by atoms with Gasteiger partial charge in [-0.05, 0) is 44.5 Å². The highest BCUT2D eigenvalue weighted by atomic mass is 16.5. The molecule has 0 aliphatic carbocycles. The highest BCUT2D eigenvalue weighted by Gasteiger charge is 2.09. The van der Waals surface area contributed by atoms with E-state index < -0.39 is 5.97 Å². The lowest BCUT2D eigenvalue weighted by Gasteiger charge is -2.09. The molecule has 0 N–H and O–H groups in total. The van der Waals surface area contributed by atoms with Crippen LogP contribution in [0.3, 0.4) is 0 Å². The molecule has 0 aromatic heterocycles. The fourth-order valence-corrected chi connectivity index (χ4v) is 1.43. The maximum atomic E-state index is 11.5. The maximum absolute atomic E-state index is 11.5. The molecular weight excluding hydrogens is 242 g/mol. The summed E-state index contributed by atoms with van der Waals surface area (Å²) < 4.78 is 10.3. The molecule has 0 saturated carbocycles. The van der Waals surface area contributed by atoms with E-state index in [1.807, 2.05) is 19.9 Å². The molecule has 0 amide bonds. The summed E-state index contributed by atoms with van der Waals surface area (Å²) in [4.78, 5) is 11.5. The highest BCUT2D eigenvalue weighted by molar-refractivity contribution is 5.97. The Balaban J connectivity index is 2.85. The van der Waals surface area contributed by atoms with Gasteiger partial charge in [-0.15, -0.1) is 0 Å². The minimum absolute atomic E-state index is 0.0145. The number of nitriles is 1. The summed E-state index contributed by atoms with van der Waals surface area (Å²) in [6.07, 6.45) is 1.60. The zero-order valence-corrected chi connectivity index (χ0v) is 11.3. The molecule has 100 valence electrons. The van der Waals surface area contributed by atoms with Crippen LogP contribution < -0.4 is 4.74 Å². The molecule has 0 fully saturated rings. The van der Waals surface area contributed by atoms with E-state index in [-0.39, 0.29) is 18.3 Å². The minimum Gasteiger partial charge on any atom is -0.491 e. The SMILES string of the molecule is CCOC(=O)/C(C#N)=C/c1ccc(OC(C)C)cc1. The summed E-state index contributed by atoms with van der Waals surface area (Å²) in [6, 6.07) is 9.00. The third-order valence-electron chi connectivity index (χ3n) is 2.18. The summed E-state index contributed by atoms with van der Waals surface area (Å²) in [6.45, 7) is 5.84. The van der Waals surface area contributed by atoms with Gasteiger partial charge in [-0.25, -0.2) is 4.79 Å². The Morgan fingerprint density at radius 2 is 2.00 bits per heavy atom. The molecule has 4 nitrogen and oxygen atoms in total. The zero-order valence-electron chi connectivity index (χ0n) is 11.3. The second kappa shape index (κ2) is 7.22. The summed E-state index contributed by atoms with van der Waals surface area (Å²) in [5.74, 6) is 0.147. The first-order chi connectivity index (χ1) is 9.06. The van der Waals surface area contributed by atoms with Crippen molar-refractivity contribution >= 4 is 12.0 Å². The standard InChI is InChI=1S/C15H17NO3/c1-4-18-15(17)13(10-16)9-12-5-7-14(8-6-12)19-11(2)3/h5-9,11H,4H2,1-3H3/b13-9+. The van der Waals surface area contributed by atoms with Gasteiger partial charge < -0.3 is 9.47 Å². The van der Waals surface area contributed by atoms with E-state index >= 15 is 0 Å². The predicted molar refractivity (Wildman–Crippen MR) is 72.4 cm³/mol. The van der Waals surface area contributed by atoms with E-state index in [2.05, 4.69) is 0 Å². The summed E-state index contributed by atoms with van der Waals surface area (Å²) in [5, 5.41) is 8.91. The van der Waals surface area contributed by atoms with E-state index in [1.165, 1.54) is 6.08 Å². The van der Waals surface area contributed by atoms with Crippen molar-refractivity contribution < 1.29 is 14.3 Å². The van der Waals surface area contributed by atoms with Gasteiger partial charge in [-0.3, -0.25) is 0 Å². The third-order valence-corrected chi connectivity index (χ3v) is 2.18. The number of nitrogens with zero attached hydrogens (tertiary/aromatic N) is 1. The van der Waals surface area contributed by atoms with Crippen molar-refractivity contribution in [3.63, 3.8) is 0 Å². The Hall–Kier alpha value is -2.28. The predicted octanol–water partition coefficient (Wildman–Crippen LogP) is 2.94. The van der Waals surface area contributed by atoms with Gasteiger partial charge in [0, 0.05) is 0 Å². The molecule has 1 aromatic rings. The van der Waals surface area contributed by atoms with Crippen LogP contribution in [0, 0.1) is 11.3 Å². The molecule has 4 heteroatoms. The molecule has 1 rings (SSSR count).